The first-order valence-corrected chi connectivity index (χ1v) is 44.3. The lowest BCUT2D eigenvalue weighted by Gasteiger charge is -2.26. The number of para-hydroxylation sites is 8. The Morgan fingerprint density at radius 2 is 0.303 bits per heavy atom. The minimum Gasteiger partial charge on any atom is -0.310 e. The third-order valence-corrected chi connectivity index (χ3v) is 23.9. The molecular formula is C120H84N12. The van der Waals surface area contributed by atoms with Crippen molar-refractivity contribution >= 4 is 112 Å². The van der Waals surface area contributed by atoms with Crippen molar-refractivity contribution in [3.8, 4) is 90.8 Å². The molecule has 4 aromatic heterocycles. The smallest absolute Gasteiger partial charge is 0.164 e. The zero-order valence-corrected chi connectivity index (χ0v) is 71.9. The Balaban J connectivity index is 0.000000155. The van der Waals surface area contributed by atoms with E-state index in [0.29, 0.717) is 34.9 Å². The van der Waals surface area contributed by atoms with Crippen molar-refractivity contribution in [3.63, 3.8) is 0 Å². The van der Waals surface area contributed by atoms with Crippen molar-refractivity contribution < 1.29 is 0 Å². The molecule has 0 N–H and O–H groups in total. The number of benzene rings is 19. The van der Waals surface area contributed by atoms with E-state index in [1.165, 1.54) is 0 Å². The number of rotatable bonds is 21. The van der Waals surface area contributed by atoms with Crippen LogP contribution in [0.1, 0.15) is 0 Å². The number of aromatic nitrogens is 8. The second-order valence-electron chi connectivity index (χ2n) is 32.3. The van der Waals surface area contributed by atoms with E-state index in [0.717, 1.165) is 168 Å². The van der Waals surface area contributed by atoms with Crippen molar-refractivity contribution in [1.82, 2.24) is 39.0 Å². The van der Waals surface area contributed by atoms with Crippen LogP contribution in [0.4, 0.5) is 68.2 Å². The Morgan fingerprint density at radius 3 is 0.538 bits per heavy atom. The average molecular weight is 1690 g/mol. The van der Waals surface area contributed by atoms with Crippen LogP contribution in [0, 0.1) is 0 Å². The van der Waals surface area contributed by atoms with Gasteiger partial charge in [0.2, 0.25) is 0 Å². The molecule has 0 fully saturated rings. The summed E-state index contributed by atoms with van der Waals surface area (Å²) in [6.45, 7) is 0. The summed E-state index contributed by atoms with van der Waals surface area (Å²) in [5.41, 5.74) is 27.1. The molecule has 19 aromatic carbocycles. The largest absolute Gasteiger partial charge is 0.310 e. The van der Waals surface area contributed by atoms with Gasteiger partial charge in [0.25, 0.3) is 0 Å². The summed E-state index contributed by atoms with van der Waals surface area (Å²) in [5.74, 6) is 3.76. The zero-order chi connectivity index (χ0) is 87.9. The highest BCUT2D eigenvalue weighted by Gasteiger charge is 2.26. The summed E-state index contributed by atoms with van der Waals surface area (Å²) < 4.78 is 4.77. The highest BCUT2D eigenvalue weighted by atomic mass is 15.2. The highest BCUT2D eigenvalue weighted by Crippen LogP contribution is 2.47. The molecule has 0 spiro atoms. The Hall–Kier alpha value is -18.0. The van der Waals surface area contributed by atoms with E-state index < -0.39 is 0 Å². The Kier molecular flexibility index (Phi) is 21.9. The van der Waals surface area contributed by atoms with Gasteiger partial charge in [-0.2, -0.15) is 0 Å². The van der Waals surface area contributed by atoms with Crippen LogP contribution in [0.15, 0.2) is 510 Å². The molecule has 23 rings (SSSR count). The average Bonchev–Trinajstić information content (AvgIpc) is 1.58. The van der Waals surface area contributed by atoms with Crippen LogP contribution in [0.5, 0.6) is 0 Å². The van der Waals surface area contributed by atoms with E-state index in [1.54, 1.807) is 0 Å². The summed E-state index contributed by atoms with van der Waals surface area (Å²) in [6, 6.07) is 178. The maximum atomic E-state index is 5.08. The number of nitrogens with zero attached hydrogens (tertiary/aromatic N) is 12. The van der Waals surface area contributed by atoms with E-state index >= 15 is 0 Å². The molecule has 0 unspecified atom stereocenters. The lowest BCUT2D eigenvalue weighted by atomic mass is 10.0. The van der Waals surface area contributed by atoms with E-state index in [1.807, 2.05) is 121 Å². The fourth-order valence-electron chi connectivity index (χ4n) is 17.8. The Morgan fingerprint density at radius 1 is 0.129 bits per heavy atom. The van der Waals surface area contributed by atoms with E-state index in [4.69, 9.17) is 29.9 Å². The molecule has 0 bridgehead atoms. The summed E-state index contributed by atoms with van der Waals surface area (Å²) in [4.78, 5) is 39.4. The van der Waals surface area contributed by atoms with Gasteiger partial charge in [0.1, 0.15) is 0 Å². The van der Waals surface area contributed by atoms with Gasteiger partial charge in [0.15, 0.2) is 34.9 Å². The minimum absolute atomic E-state index is 0.609. The van der Waals surface area contributed by atoms with Gasteiger partial charge in [0.05, 0.1) is 22.1 Å². The van der Waals surface area contributed by atoms with Crippen molar-refractivity contribution in [1.29, 1.82) is 0 Å². The number of hydrogen-bond acceptors (Lipinski definition) is 10. The van der Waals surface area contributed by atoms with Crippen molar-refractivity contribution in [2.75, 3.05) is 19.6 Å². The fourth-order valence-corrected chi connectivity index (χ4v) is 17.8. The van der Waals surface area contributed by atoms with Crippen LogP contribution >= 0.6 is 0 Å². The molecular weight excluding hydrogens is 1610 g/mol. The summed E-state index contributed by atoms with van der Waals surface area (Å²) >= 11 is 0. The molecule has 0 saturated heterocycles. The predicted octanol–water partition coefficient (Wildman–Crippen LogP) is 31.5. The molecule has 0 amide bonds. The highest BCUT2D eigenvalue weighted by molar-refractivity contribution is 6.14. The topological polar surface area (TPSA) is 100 Å². The van der Waals surface area contributed by atoms with Crippen molar-refractivity contribution in [2.45, 2.75) is 0 Å². The first kappa shape index (κ1) is 79.9. The second-order valence-corrected chi connectivity index (χ2v) is 32.3. The minimum atomic E-state index is 0.609. The molecule has 132 heavy (non-hydrogen) atoms. The van der Waals surface area contributed by atoms with Gasteiger partial charge in [-0.3, -0.25) is 0 Å². The Labute approximate surface area is 765 Å². The summed E-state index contributed by atoms with van der Waals surface area (Å²) in [7, 11) is 0. The van der Waals surface area contributed by atoms with Crippen LogP contribution in [-0.4, -0.2) is 39.0 Å². The van der Waals surface area contributed by atoms with E-state index in [-0.39, 0.29) is 0 Å². The van der Waals surface area contributed by atoms with Crippen LogP contribution in [0.25, 0.3) is 134 Å². The molecule has 23 aromatic rings. The molecule has 0 aliphatic heterocycles. The normalized spacial score (nSPS) is 11.2. The summed E-state index contributed by atoms with van der Waals surface area (Å²) in [6.07, 6.45) is 0. The summed E-state index contributed by atoms with van der Waals surface area (Å²) in [5, 5.41) is 4.55. The molecule has 0 saturated carbocycles. The quantitative estimate of drug-likeness (QED) is 0.0691. The first-order chi connectivity index (χ1) is 65.5. The molecule has 4 heterocycles. The van der Waals surface area contributed by atoms with Crippen LogP contribution in [-0.2, 0) is 0 Å². The second kappa shape index (κ2) is 36.2. The first-order valence-electron chi connectivity index (χ1n) is 44.3. The van der Waals surface area contributed by atoms with Crippen LogP contribution in [0.2, 0.25) is 0 Å². The third-order valence-electron chi connectivity index (χ3n) is 23.9. The molecule has 0 aliphatic carbocycles. The van der Waals surface area contributed by atoms with E-state index in [2.05, 4.69) is 417 Å². The van der Waals surface area contributed by atoms with Gasteiger partial charge < -0.3 is 28.7 Å². The van der Waals surface area contributed by atoms with Crippen molar-refractivity contribution in [2.24, 2.45) is 0 Å². The lowest BCUT2D eigenvalue weighted by Crippen LogP contribution is -2.09. The van der Waals surface area contributed by atoms with Gasteiger partial charge in [-0.1, -0.05) is 309 Å². The van der Waals surface area contributed by atoms with Crippen molar-refractivity contribution in [3.05, 3.63) is 510 Å². The Bertz CT molecular complexity index is 7430. The maximum Gasteiger partial charge on any atom is 0.164 e. The molecule has 0 aliphatic rings. The number of fused-ring (bicyclic) bond motifs is 6. The van der Waals surface area contributed by atoms with Gasteiger partial charge in [0, 0.05) is 135 Å². The zero-order valence-electron chi connectivity index (χ0n) is 71.9. The van der Waals surface area contributed by atoms with E-state index in [9.17, 15) is 0 Å². The van der Waals surface area contributed by atoms with Gasteiger partial charge in [-0.15, -0.1) is 0 Å². The standard InChI is InChI=1S/C63H44N6.C57H40N6/c1-7-21-45(22-8-1)61-64-62(46-23-9-2-10-24-46)66-63(65-61)49-27-19-25-47(41-49)48-26-20-36-54(42-48)69-59-39-37-55(67(50-28-11-3-12-29-50)51-30-13-4-14-31-51)43-57(59)58-44-56(38-40-60(58)69)68(52-32-15-5-16-33-52)53-34-17-6-18-35-53;1-7-20-41(21-8-1)55-58-56(42-22-9-2-10-23-42)60-57(59-55)43-24-19-33-48(38-43)63-53-36-34-49(61(44-25-11-3-12-26-44)45-27-13-4-14-28-45)39-51(53)52-40-50(35-37-54(52)63)62(46-29-15-5-16-30-46)47-31-17-6-18-32-47/h1-44H;1-40H. The third kappa shape index (κ3) is 16.2. The molecule has 0 radical (unpaired) electrons. The van der Waals surface area contributed by atoms with Gasteiger partial charge in [-0.25, -0.2) is 29.9 Å². The SMILES string of the molecule is c1ccc(-c2nc(-c3ccccc3)nc(-c3cccc(-c4cccc(-n5c6ccc(N(c7ccccc7)c7ccccc7)cc6c6cc(N(c7ccccc7)c7ccccc7)ccc65)c4)c3)n2)cc1.c1ccc(-c2nc(-c3ccccc3)nc(-c3cccc(-n4c5ccc(N(c6ccccc6)c6ccccc6)cc5c5cc(N(c6ccccc6)c6ccccc6)ccc54)c3)n2)cc1. The predicted molar refractivity (Wildman–Crippen MR) is 545 cm³/mol. The van der Waals surface area contributed by atoms with Crippen LogP contribution in [0.3, 0.4) is 0 Å². The lowest BCUT2D eigenvalue weighted by molar-refractivity contribution is 1.07. The molecule has 0 atom stereocenters. The van der Waals surface area contributed by atoms with Gasteiger partial charge >= 0.3 is 0 Å². The molecule has 12 heteroatoms. The number of anilines is 12. The van der Waals surface area contributed by atoms with Gasteiger partial charge in [-0.05, 0) is 211 Å². The number of hydrogen-bond donors (Lipinski definition) is 0. The fraction of sp³-hybridized carbons (Fsp3) is 0. The monoisotopic (exact) mass is 1690 g/mol. The molecule has 624 valence electrons. The molecule has 12 nitrogen and oxygen atoms in total. The maximum absolute atomic E-state index is 5.08. The van der Waals surface area contributed by atoms with Crippen LogP contribution < -0.4 is 19.6 Å².